The minimum atomic E-state index is 0.238. The summed E-state index contributed by atoms with van der Waals surface area (Å²) < 4.78 is 0. The van der Waals surface area contributed by atoms with Crippen LogP contribution in [-0.4, -0.2) is 61.5 Å². The summed E-state index contributed by atoms with van der Waals surface area (Å²) in [4.78, 5) is 15.8. The number of hydrogen-bond donors (Lipinski definition) is 1. The van der Waals surface area contributed by atoms with Crippen molar-refractivity contribution in [2.75, 3.05) is 33.7 Å². The van der Waals surface area contributed by atoms with E-state index in [2.05, 4.69) is 10.2 Å². The second-order valence-corrected chi connectivity index (χ2v) is 5.84. The van der Waals surface area contributed by atoms with Crippen LogP contribution in [0.15, 0.2) is 0 Å². The van der Waals surface area contributed by atoms with Crippen LogP contribution in [-0.2, 0) is 4.79 Å². The minimum absolute atomic E-state index is 0.238. The predicted molar refractivity (Wildman–Crippen MR) is 73.5 cm³/mol. The standard InChI is InChI=1S/C14H27N3O/c1-16(2)14(18)7-5-9-15-12-8-11-17-10-4-3-6-13(12)17/h12-13,15H,3-11H2,1-2H3. The lowest BCUT2D eigenvalue weighted by molar-refractivity contribution is -0.128. The molecule has 2 aliphatic rings. The van der Waals surface area contributed by atoms with E-state index in [1.54, 1.807) is 4.90 Å². The van der Waals surface area contributed by atoms with Crippen LogP contribution in [0.1, 0.15) is 38.5 Å². The number of amides is 1. The highest BCUT2D eigenvalue weighted by Gasteiger charge is 2.34. The van der Waals surface area contributed by atoms with E-state index in [0.29, 0.717) is 12.5 Å². The van der Waals surface area contributed by atoms with Crippen molar-refractivity contribution in [1.29, 1.82) is 0 Å². The van der Waals surface area contributed by atoms with Crippen molar-refractivity contribution < 1.29 is 4.79 Å². The molecule has 0 bridgehead atoms. The van der Waals surface area contributed by atoms with Gasteiger partial charge in [0.15, 0.2) is 0 Å². The largest absolute Gasteiger partial charge is 0.349 e. The molecule has 2 aliphatic heterocycles. The van der Waals surface area contributed by atoms with Crippen molar-refractivity contribution in [2.45, 2.75) is 50.6 Å². The summed E-state index contributed by atoms with van der Waals surface area (Å²) in [6.07, 6.45) is 7.03. The van der Waals surface area contributed by atoms with E-state index < -0.39 is 0 Å². The number of piperidine rings is 1. The Morgan fingerprint density at radius 2 is 2.11 bits per heavy atom. The number of carbonyl (C=O) groups is 1. The molecule has 2 unspecified atom stereocenters. The van der Waals surface area contributed by atoms with Crippen LogP contribution in [0.4, 0.5) is 0 Å². The van der Waals surface area contributed by atoms with Crippen molar-refractivity contribution in [3.63, 3.8) is 0 Å². The summed E-state index contributed by atoms with van der Waals surface area (Å²) >= 11 is 0. The van der Waals surface area contributed by atoms with Crippen molar-refractivity contribution >= 4 is 5.91 Å². The molecule has 0 aromatic carbocycles. The van der Waals surface area contributed by atoms with Gasteiger partial charge in [0.2, 0.25) is 5.91 Å². The molecule has 0 aliphatic carbocycles. The molecule has 0 radical (unpaired) electrons. The average Bonchev–Trinajstić information content (AvgIpc) is 2.77. The van der Waals surface area contributed by atoms with Crippen LogP contribution < -0.4 is 5.32 Å². The van der Waals surface area contributed by atoms with Crippen LogP contribution in [0.3, 0.4) is 0 Å². The molecule has 1 N–H and O–H groups in total. The molecule has 2 saturated heterocycles. The van der Waals surface area contributed by atoms with E-state index in [1.807, 2.05) is 14.1 Å². The summed E-state index contributed by atoms with van der Waals surface area (Å²) in [6, 6.07) is 1.43. The normalized spacial score (nSPS) is 28.1. The fraction of sp³-hybridized carbons (Fsp3) is 0.929. The second-order valence-electron chi connectivity index (χ2n) is 5.84. The molecule has 4 nitrogen and oxygen atoms in total. The molecule has 4 heteroatoms. The molecule has 0 spiro atoms. The van der Waals surface area contributed by atoms with Crippen LogP contribution in [0, 0.1) is 0 Å². The van der Waals surface area contributed by atoms with Gasteiger partial charge in [0.05, 0.1) is 0 Å². The first kappa shape index (κ1) is 13.8. The molecular formula is C14H27N3O. The zero-order valence-electron chi connectivity index (χ0n) is 11.8. The number of fused-ring (bicyclic) bond motifs is 1. The highest BCUT2D eigenvalue weighted by molar-refractivity contribution is 5.75. The number of nitrogens with one attached hydrogen (secondary N) is 1. The Bertz CT molecular complexity index is 280. The molecule has 0 saturated carbocycles. The molecule has 2 rings (SSSR count). The second kappa shape index (κ2) is 6.53. The lowest BCUT2D eigenvalue weighted by Gasteiger charge is -2.32. The third-order valence-electron chi connectivity index (χ3n) is 4.33. The van der Waals surface area contributed by atoms with E-state index in [9.17, 15) is 4.79 Å². The Morgan fingerprint density at radius 3 is 2.89 bits per heavy atom. The summed E-state index contributed by atoms with van der Waals surface area (Å²) in [5.74, 6) is 0.238. The molecule has 2 atom stereocenters. The van der Waals surface area contributed by atoms with E-state index in [-0.39, 0.29) is 5.91 Å². The van der Waals surface area contributed by atoms with E-state index in [4.69, 9.17) is 0 Å². The fourth-order valence-corrected chi connectivity index (χ4v) is 3.24. The Labute approximate surface area is 111 Å². The maximum absolute atomic E-state index is 11.5. The van der Waals surface area contributed by atoms with Gasteiger partial charge < -0.3 is 10.2 Å². The average molecular weight is 253 g/mol. The maximum atomic E-state index is 11.5. The van der Waals surface area contributed by atoms with Gasteiger partial charge in [-0.15, -0.1) is 0 Å². The predicted octanol–water partition coefficient (Wildman–Crippen LogP) is 1.07. The van der Waals surface area contributed by atoms with Crippen LogP contribution in [0.5, 0.6) is 0 Å². The van der Waals surface area contributed by atoms with Crippen LogP contribution in [0.25, 0.3) is 0 Å². The summed E-state index contributed by atoms with van der Waals surface area (Å²) in [6.45, 7) is 3.54. The topological polar surface area (TPSA) is 35.6 Å². The Hall–Kier alpha value is -0.610. The molecule has 2 heterocycles. The Balaban J connectivity index is 1.63. The first-order chi connectivity index (χ1) is 8.68. The number of carbonyl (C=O) groups excluding carboxylic acids is 1. The lowest BCUT2D eigenvalue weighted by atomic mass is 9.99. The third-order valence-corrected chi connectivity index (χ3v) is 4.33. The van der Waals surface area contributed by atoms with Crippen LogP contribution >= 0.6 is 0 Å². The highest BCUT2D eigenvalue weighted by atomic mass is 16.2. The van der Waals surface area contributed by atoms with Crippen molar-refractivity contribution in [2.24, 2.45) is 0 Å². The van der Waals surface area contributed by atoms with Gasteiger partial charge in [-0.3, -0.25) is 9.69 Å². The molecular weight excluding hydrogens is 226 g/mol. The number of nitrogens with zero attached hydrogens (tertiary/aromatic N) is 2. The van der Waals surface area contributed by atoms with Gasteiger partial charge in [0.25, 0.3) is 0 Å². The Kier molecular flexibility index (Phi) is 5.01. The summed E-state index contributed by atoms with van der Waals surface area (Å²) in [5.41, 5.74) is 0. The van der Waals surface area contributed by atoms with E-state index in [1.165, 1.54) is 38.8 Å². The zero-order chi connectivity index (χ0) is 13.0. The smallest absolute Gasteiger partial charge is 0.222 e. The molecule has 2 fully saturated rings. The van der Waals surface area contributed by atoms with Gasteiger partial charge in [-0.1, -0.05) is 6.42 Å². The van der Waals surface area contributed by atoms with Crippen LogP contribution in [0.2, 0.25) is 0 Å². The van der Waals surface area contributed by atoms with Gasteiger partial charge in [0.1, 0.15) is 0 Å². The Morgan fingerprint density at radius 1 is 1.28 bits per heavy atom. The quantitative estimate of drug-likeness (QED) is 0.745. The zero-order valence-corrected chi connectivity index (χ0v) is 11.8. The van der Waals surface area contributed by atoms with Gasteiger partial charge >= 0.3 is 0 Å². The van der Waals surface area contributed by atoms with E-state index in [0.717, 1.165) is 19.0 Å². The molecule has 0 aromatic heterocycles. The SMILES string of the molecule is CN(C)C(=O)CCCNC1CCN2CCCCC12. The molecule has 0 aromatic rings. The first-order valence-corrected chi connectivity index (χ1v) is 7.36. The van der Waals surface area contributed by atoms with Crippen molar-refractivity contribution in [3.8, 4) is 0 Å². The third kappa shape index (κ3) is 3.45. The lowest BCUT2D eigenvalue weighted by Crippen LogP contribution is -2.45. The van der Waals surface area contributed by atoms with Crippen molar-refractivity contribution in [3.05, 3.63) is 0 Å². The molecule has 18 heavy (non-hydrogen) atoms. The van der Waals surface area contributed by atoms with Crippen molar-refractivity contribution in [1.82, 2.24) is 15.1 Å². The monoisotopic (exact) mass is 253 g/mol. The van der Waals surface area contributed by atoms with Gasteiger partial charge in [-0.05, 0) is 38.8 Å². The molecule has 1 amide bonds. The maximum Gasteiger partial charge on any atom is 0.222 e. The van der Waals surface area contributed by atoms with Gasteiger partial charge in [-0.25, -0.2) is 0 Å². The minimum Gasteiger partial charge on any atom is -0.349 e. The number of rotatable bonds is 5. The van der Waals surface area contributed by atoms with E-state index >= 15 is 0 Å². The van der Waals surface area contributed by atoms with Gasteiger partial charge in [0, 0.05) is 39.1 Å². The first-order valence-electron chi connectivity index (χ1n) is 7.36. The van der Waals surface area contributed by atoms with Gasteiger partial charge in [-0.2, -0.15) is 0 Å². The highest BCUT2D eigenvalue weighted by Crippen LogP contribution is 2.26. The summed E-state index contributed by atoms with van der Waals surface area (Å²) in [5, 5.41) is 3.66. The number of hydrogen-bond acceptors (Lipinski definition) is 3. The fourth-order valence-electron chi connectivity index (χ4n) is 3.24. The molecule has 104 valence electrons. The summed E-state index contributed by atoms with van der Waals surface area (Å²) in [7, 11) is 3.65.